The van der Waals surface area contributed by atoms with Crippen LogP contribution in [0.4, 0.5) is 18.9 Å². The molecule has 2 aromatic carbocycles. The highest BCUT2D eigenvalue weighted by molar-refractivity contribution is 8.18. The summed E-state index contributed by atoms with van der Waals surface area (Å²) in [7, 11) is 0. The van der Waals surface area contributed by atoms with Crippen molar-refractivity contribution in [1.29, 1.82) is 0 Å². The van der Waals surface area contributed by atoms with Crippen LogP contribution in [0.2, 0.25) is 5.02 Å². The first-order chi connectivity index (χ1) is 18.5. The van der Waals surface area contributed by atoms with E-state index < -0.39 is 12.1 Å². The smallest absolute Gasteiger partial charge is 0.475 e. The molecule has 204 valence electrons. The highest BCUT2D eigenvalue weighted by atomic mass is 35.5. The molecule has 0 saturated carbocycles. The first kappa shape index (κ1) is 29.6. The Morgan fingerprint density at radius 2 is 1.87 bits per heavy atom. The number of pyridine rings is 1. The molecule has 0 spiro atoms. The number of amides is 2. The number of hydrogen-bond acceptors (Lipinski definition) is 7. The summed E-state index contributed by atoms with van der Waals surface area (Å²) in [6.07, 6.45) is -1.09. The molecule has 39 heavy (non-hydrogen) atoms. The third-order valence-corrected chi connectivity index (χ3v) is 6.11. The lowest BCUT2D eigenvalue weighted by Gasteiger charge is -2.10. The minimum absolute atomic E-state index is 0.00469. The van der Waals surface area contributed by atoms with Gasteiger partial charge in [-0.15, -0.1) is 0 Å². The minimum atomic E-state index is -5.08. The van der Waals surface area contributed by atoms with E-state index in [0.29, 0.717) is 39.3 Å². The average molecular weight is 581 g/mol. The number of rotatable bonds is 6. The molecule has 0 aliphatic carbocycles. The molecule has 9 nitrogen and oxygen atoms in total. The number of carboxylic acids is 1. The van der Waals surface area contributed by atoms with E-state index in [1.54, 1.807) is 30.5 Å². The molecule has 2 heterocycles. The van der Waals surface area contributed by atoms with Crippen LogP contribution in [0.3, 0.4) is 0 Å². The molecule has 2 amide bonds. The Bertz CT molecular complexity index is 1460. The fourth-order valence-electron chi connectivity index (χ4n) is 3.06. The van der Waals surface area contributed by atoms with Crippen LogP contribution in [0.1, 0.15) is 22.3 Å². The summed E-state index contributed by atoms with van der Waals surface area (Å²) >= 11 is 7.47. The lowest BCUT2D eigenvalue weighted by Crippen LogP contribution is -2.25. The van der Waals surface area contributed by atoms with Crippen LogP contribution < -0.4 is 10.6 Å². The quantitative estimate of drug-likeness (QED) is 0.243. The topological polar surface area (TPSA) is 141 Å². The maximum atomic E-state index is 12.4. The maximum Gasteiger partial charge on any atom is 0.490 e. The molecule has 1 aliphatic heterocycles. The zero-order chi connectivity index (χ0) is 28.6. The Morgan fingerprint density at radius 3 is 2.56 bits per heavy atom. The Balaban J connectivity index is 0.000000532. The van der Waals surface area contributed by atoms with Gasteiger partial charge in [0.2, 0.25) is 0 Å². The van der Waals surface area contributed by atoms with Gasteiger partial charge in [0.05, 0.1) is 21.1 Å². The highest BCUT2D eigenvalue weighted by Gasteiger charge is 2.38. The lowest BCUT2D eigenvalue weighted by molar-refractivity contribution is -0.192. The van der Waals surface area contributed by atoms with Gasteiger partial charge in [0.25, 0.3) is 11.8 Å². The number of aliphatic carboxylic acids is 1. The number of aromatic nitrogens is 1. The number of aliphatic hydroxyl groups is 1. The van der Waals surface area contributed by atoms with Gasteiger partial charge in [-0.2, -0.15) is 18.2 Å². The number of carbonyl (C=O) groups is 3. The normalized spacial score (nSPS) is 14.0. The molecule has 1 aliphatic rings. The van der Waals surface area contributed by atoms with E-state index in [0.717, 1.165) is 16.5 Å². The van der Waals surface area contributed by atoms with Crippen LogP contribution in [0, 0.1) is 0 Å². The van der Waals surface area contributed by atoms with Crippen LogP contribution in [0.15, 0.2) is 64.6 Å². The van der Waals surface area contributed by atoms with Crippen molar-refractivity contribution in [1.82, 2.24) is 10.3 Å². The van der Waals surface area contributed by atoms with Crippen molar-refractivity contribution in [2.24, 2.45) is 4.99 Å². The van der Waals surface area contributed by atoms with E-state index >= 15 is 0 Å². The van der Waals surface area contributed by atoms with E-state index in [1.807, 2.05) is 30.3 Å². The number of aliphatic hydroxyl groups excluding tert-OH is 1. The predicted molar refractivity (Wildman–Crippen MR) is 143 cm³/mol. The number of anilines is 1. The molecule has 4 rings (SSSR count). The summed E-state index contributed by atoms with van der Waals surface area (Å²) in [5, 5.41) is 23.5. The Morgan fingerprint density at radius 1 is 1.13 bits per heavy atom. The van der Waals surface area contributed by atoms with E-state index in [4.69, 9.17) is 26.6 Å². The standard InChI is InChI=1S/C23H19ClN4O3S.C2HF3O2/c24-17-6-5-16(21(30)26-9-2-10-29)13-19(17)27-23-28-22(31)20(32-23)12-14-4-7-18-15(11-14)3-1-8-25-18;3-2(4,5)1(6)7/h1,3-8,11-13,29H,2,9-10H2,(H,26,30)(H,27,28,31);(H,6,7)/b20-12-;. The van der Waals surface area contributed by atoms with E-state index in [9.17, 15) is 22.8 Å². The first-order valence-corrected chi connectivity index (χ1v) is 12.3. The van der Waals surface area contributed by atoms with Gasteiger partial charge in [-0.1, -0.05) is 23.7 Å². The summed E-state index contributed by atoms with van der Waals surface area (Å²) in [6.45, 7) is 0.376. The van der Waals surface area contributed by atoms with Gasteiger partial charge in [0.1, 0.15) is 0 Å². The lowest BCUT2D eigenvalue weighted by atomic mass is 10.1. The molecule has 14 heteroatoms. The Kier molecular flexibility index (Phi) is 10.0. The second-order valence-electron chi connectivity index (χ2n) is 7.74. The molecule has 0 bridgehead atoms. The summed E-state index contributed by atoms with van der Waals surface area (Å²) in [4.78, 5) is 42.4. The van der Waals surface area contributed by atoms with Crippen LogP contribution in [-0.4, -0.2) is 57.5 Å². The summed E-state index contributed by atoms with van der Waals surface area (Å²) in [5.41, 5.74) is 2.63. The number of thioether (sulfide) groups is 1. The number of amidine groups is 1. The number of fused-ring (bicyclic) bond motifs is 1. The summed E-state index contributed by atoms with van der Waals surface area (Å²) in [5.74, 6) is -3.38. The van der Waals surface area contributed by atoms with E-state index in [1.165, 1.54) is 11.8 Å². The molecular weight excluding hydrogens is 561 g/mol. The number of aliphatic imine (C=N–C) groups is 1. The second-order valence-corrected chi connectivity index (χ2v) is 9.18. The Hall–Kier alpha value is -3.94. The molecule has 0 saturated heterocycles. The van der Waals surface area contributed by atoms with E-state index in [-0.39, 0.29) is 18.4 Å². The third kappa shape index (κ3) is 8.53. The fraction of sp³-hybridized carbons (Fsp3) is 0.160. The zero-order valence-corrected chi connectivity index (χ0v) is 21.4. The molecule has 0 fully saturated rings. The van der Waals surface area contributed by atoms with Crippen molar-refractivity contribution in [3.8, 4) is 0 Å². The number of benzene rings is 2. The SMILES string of the molecule is O=C(O)C(F)(F)F.O=C1N=C(Nc2cc(C(=O)NCCCO)ccc2Cl)S/C1=C\c1ccc2ncccc2c1. The fourth-order valence-corrected chi connectivity index (χ4v) is 4.05. The number of alkyl halides is 3. The van der Waals surface area contributed by atoms with Gasteiger partial charge in [0, 0.05) is 30.3 Å². The molecule has 1 aromatic heterocycles. The molecule has 0 radical (unpaired) electrons. The number of carboxylic acid groups (broad SMARTS) is 1. The van der Waals surface area contributed by atoms with Gasteiger partial charge in [-0.3, -0.25) is 14.6 Å². The summed E-state index contributed by atoms with van der Waals surface area (Å²) in [6, 6.07) is 14.4. The van der Waals surface area contributed by atoms with Crippen molar-refractivity contribution in [2.45, 2.75) is 12.6 Å². The van der Waals surface area contributed by atoms with Crippen molar-refractivity contribution < 1.29 is 37.8 Å². The number of carbonyl (C=O) groups excluding carboxylic acids is 2. The number of nitrogens with zero attached hydrogens (tertiary/aromatic N) is 2. The zero-order valence-electron chi connectivity index (χ0n) is 19.8. The van der Waals surface area contributed by atoms with Crippen molar-refractivity contribution in [3.63, 3.8) is 0 Å². The van der Waals surface area contributed by atoms with Gasteiger partial charge >= 0.3 is 12.1 Å². The predicted octanol–water partition coefficient (Wildman–Crippen LogP) is 4.72. The maximum absolute atomic E-state index is 12.4. The molecule has 3 aromatic rings. The van der Waals surface area contributed by atoms with Gasteiger partial charge in [-0.05, 0) is 66.2 Å². The van der Waals surface area contributed by atoms with Gasteiger partial charge in [0.15, 0.2) is 5.17 Å². The molecular formula is C25H20ClF3N4O5S. The Labute approximate surface area is 228 Å². The minimum Gasteiger partial charge on any atom is -0.475 e. The average Bonchev–Trinajstić information content (AvgIpc) is 3.23. The molecule has 4 N–H and O–H groups in total. The van der Waals surface area contributed by atoms with Gasteiger partial charge in [-0.25, -0.2) is 4.79 Å². The van der Waals surface area contributed by atoms with Crippen molar-refractivity contribution in [2.75, 3.05) is 18.5 Å². The van der Waals surface area contributed by atoms with Crippen LogP contribution in [-0.2, 0) is 9.59 Å². The number of halogens is 4. The van der Waals surface area contributed by atoms with Crippen molar-refractivity contribution >= 4 is 69.0 Å². The largest absolute Gasteiger partial charge is 0.490 e. The summed E-state index contributed by atoms with van der Waals surface area (Å²) < 4.78 is 31.7. The molecule has 0 unspecified atom stereocenters. The van der Waals surface area contributed by atoms with Gasteiger partial charge < -0.3 is 20.8 Å². The molecule has 0 atom stereocenters. The second kappa shape index (κ2) is 13.2. The van der Waals surface area contributed by atoms with Crippen LogP contribution >= 0.6 is 23.4 Å². The van der Waals surface area contributed by atoms with E-state index in [2.05, 4.69) is 20.6 Å². The monoisotopic (exact) mass is 580 g/mol. The first-order valence-electron chi connectivity index (χ1n) is 11.1. The van der Waals surface area contributed by atoms with Crippen LogP contribution in [0.25, 0.3) is 17.0 Å². The number of hydrogen-bond donors (Lipinski definition) is 4. The highest BCUT2D eigenvalue weighted by Crippen LogP contribution is 2.32. The van der Waals surface area contributed by atoms with Crippen molar-refractivity contribution in [3.05, 3.63) is 75.8 Å². The number of nitrogens with one attached hydrogen (secondary N) is 2. The third-order valence-electron chi connectivity index (χ3n) is 4.88. The van der Waals surface area contributed by atoms with Crippen LogP contribution in [0.5, 0.6) is 0 Å².